The van der Waals surface area contributed by atoms with E-state index < -0.39 is 12.0 Å². The van der Waals surface area contributed by atoms with Crippen LogP contribution in [0.1, 0.15) is 29.4 Å². The molecule has 0 saturated heterocycles. The van der Waals surface area contributed by atoms with E-state index in [0.717, 1.165) is 0 Å². The van der Waals surface area contributed by atoms with Crippen LogP contribution in [0, 0.1) is 0 Å². The van der Waals surface area contributed by atoms with Gasteiger partial charge in [-0.05, 0) is 24.8 Å². The molecule has 20 heavy (non-hydrogen) atoms. The lowest BCUT2D eigenvalue weighted by Crippen LogP contribution is -2.40. The molecule has 0 radical (unpaired) electrons. The number of thiophene rings is 1. The number of rotatable bonds is 7. The van der Waals surface area contributed by atoms with Crippen molar-refractivity contribution in [1.29, 1.82) is 0 Å². The Labute approximate surface area is 121 Å². The Morgan fingerprint density at radius 2 is 2.15 bits per heavy atom. The predicted octanol–water partition coefficient (Wildman–Crippen LogP) is 1.19. The van der Waals surface area contributed by atoms with Gasteiger partial charge in [0.05, 0.1) is 4.88 Å². The molecule has 1 rings (SSSR count). The molecule has 0 saturated carbocycles. The molecule has 1 heterocycles. The van der Waals surface area contributed by atoms with Crippen molar-refractivity contribution in [2.24, 2.45) is 0 Å². The van der Waals surface area contributed by atoms with Gasteiger partial charge in [0.25, 0.3) is 5.91 Å². The second-order valence-corrected chi connectivity index (χ2v) is 5.30. The van der Waals surface area contributed by atoms with Gasteiger partial charge in [-0.3, -0.25) is 9.59 Å². The summed E-state index contributed by atoms with van der Waals surface area (Å²) in [7, 11) is 1.46. The first-order chi connectivity index (χ1) is 9.43. The summed E-state index contributed by atoms with van der Waals surface area (Å²) in [4.78, 5) is 35.9. The largest absolute Gasteiger partial charge is 0.480 e. The van der Waals surface area contributed by atoms with Crippen molar-refractivity contribution in [3.63, 3.8) is 0 Å². The van der Waals surface area contributed by atoms with Crippen molar-refractivity contribution in [2.75, 3.05) is 13.6 Å². The van der Waals surface area contributed by atoms with E-state index in [1.54, 1.807) is 12.1 Å². The smallest absolute Gasteiger partial charge is 0.326 e. The van der Waals surface area contributed by atoms with Crippen molar-refractivity contribution in [3.05, 3.63) is 22.4 Å². The summed E-state index contributed by atoms with van der Waals surface area (Å²) >= 11 is 1.35. The Kier molecular flexibility index (Phi) is 6.17. The fraction of sp³-hybridized carbons (Fsp3) is 0.462. The van der Waals surface area contributed by atoms with Gasteiger partial charge < -0.3 is 15.3 Å². The highest BCUT2D eigenvalue weighted by Crippen LogP contribution is 2.07. The second kappa shape index (κ2) is 7.64. The molecule has 1 unspecified atom stereocenters. The lowest BCUT2D eigenvalue weighted by atomic mass is 10.2. The molecule has 0 spiro atoms. The van der Waals surface area contributed by atoms with E-state index in [9.17, 15) is 14.4 Å². The molecule has 1 aromatic heterocycles. The normalized spacial score (nSPS) is 11.7. The van der Waals surface area contributed by atoms with Crippen molar-refractivity contribution in [3.8, 4) is 0 Å². The molecule has 0 aliphatic rings. The number of hydrogen-bond donors (Lipinski definition) is 2. The van der Waals surface area contributed by atoms with Crippen molar-refractivity contribution < 1.29 is 19.5 Å². The number of carbonyl (C=O) groups excluding carboxylic acids is 2. The molecule has 0 bridgehead atoms. The molecule has 2 amide bonds. The molecule has 0 fully saturated rings. The van der Waals surface area contributed by atoms with Crippen molar-refractivity contribution in [2.45, 2.75) is 25.8 Å². The second-order valence-electron chi connectivity index (χ2n) is 4.36. The van der Waals surface area contributed by atoms with E-state index in [-0.39, 0.29) is 18.2 Å². The summed E-state index contributed by atoms with van der Waals surface area (Å²) in [6, 6.07) is 2.68. The van der Waals surface area contributed by atoms with Crippen LogP contribution in [-0.4, -0.2) is 47.4 Å². The monoisotopic (exact) mass is 298 g/mol. The van der Waals surface area contributed by atoms with E-state index >= 15 is 0 Å². The van der Waals surface area contributed by atoms with Gasteiger partial charge in [-0.25, -0.2) is 4.79 Å². The lowest BCUT2D eigenvalue weighted by molar-refractivity contribution is -0.148. The molecule has 0 aliphatic carbocycles. The first-order valence-electron chi connectivity index (χ1n) is 6.23. The van der Waals surface area contributed by atoms with Gasteiger partial charge in [0.2, 0.25) is 5.91 Å². The van der Waals surface area contributed by atoms with Crippen molar-refractivity contribution in [1.82, 2.24) is 10.2 Å². The Bertz CT molecular complexity index is 473. The van der Waals surface area contributed by atoms with Crippen LogP contribution in [0.5, 0.6) is 0 Å². The topological polar surface area (TPSA) is 86.7 Å². The summed E-state index contributed by atoms with van der Waals surface area (Å²) in [6.45, 7) is 1.84. The highest BCUT2D eigenvalue weighted by Gasteiger charge is 2.20. The van der Waals surface area contributed by atoms with Gasteiger partial charge >= 0.3 is 5.97 Å². The van der Waals surface area contributed by atoms with Crippen LogP contribution in [0.2, 0.25) is 0 Å². The van der Waals surface area contributed by atoms with Crippen LogP contribution < -0.4 is 5.32 Å². The number of nitrogens with zero attached hydrogens (tertiary/aromatic N) is 1. The average Bonchev–Trinajstić information content (AvgIpc) is 2.95. The summed E-state index contributed by atoms with van der Waals surface area (Å²) in [5.74, 6) is -1.43. The van der Waals surface area contributed by atoms with E-state index in [4.69, 9.17) is 5.11 Å². The standard InChI is InChI=1S/C13H18N2O4S/c1-9(13(18)19)15(2)11(16)6-3-7-14-12(17)10-5-4-8-20-10/h4-5,8-9H,3,6-7H2,1-2H3,(H,14,17)(H,18,19). The van der Waals surface area contributed by atoms with E-state index in [1.807, 2.05) is 5.38 Å². The highest BCUT2D eigenvalue weighted by molar-refractivity contribution is 7.12. The zero-order valence-electron chi connectivity index (χ0n) is 11.5. The molecule has 7 heteroatoms. The number of hydrogen-bond acceptors (Lipinski definition) is 4. The number of nitrogens with one attached hydrogen (secondary N) is 1. The van der Waals surface area contributed by atoms with Crippen LogP contribution in [0.3, 0.4) is 0 Å². The van der Waals surface area contributed by atoms with Crippen molar-refractivity contribution >= 4 is 29.1 Å². The third-order valence-electron chi connectivity index (χ3n) is 2.93. The molecule has 0 aromatic carbocycles. The molecular formula is C13H18N2O4S. The molecule has 6 nitrogen and oxygen atoms in total. The minimum atomic E-state index is -1.04. The summed E-state index contributed by atoms with van der Waals surface area (Å²) in [5, 5.41) is 13.3. The van der Waals surface area contributed by atoms with Gasteiger partial charge in [-0.15, -0.1) is 11.3 Å². The maximum atomic E-state index is 11.7. The van der Waals surface area contributed by atoms with E-state index in [1.165, 1.54) is 30.2 Å². The van der Waals surface area contributed by atoms with Crippen LogP contribution in [-0.2, 0) is 9.59 Å². The SMILES string of the molecule is CC(C(=O)O)N(C)C(=O)CCCNC(=O)c1cccs1. The third kappa shape index (κ3) is 4.65. The zero-order valence-corrected chi connectivity index (χ0v) is 12.3. The lowest BCUT2D eigenvalue weighted by Gasteiger charge is -2.21. The molecule has 0 aliphatic heterocycles. The highest BCUT2D eigenvalue weighted by atomic mass is 32.1. The van der Waals surface area contributed by atoms with Crippen LogP contribution in [0.4, 0.5) is 0 Å². The van der Waals surface area contributed by atoms with E-state index in [2.05, 4.69) is 5.32 Å². The zero-order chi connectivity index (χ0) is 15.1. The first-order valence-corrected chi connectivity index (χ1v) is 7.11. The van der Waals surface area contributed by atoms with Gasteiger partial charge in [0.1, 0.15) is 6.04 Å². The van der Waals surface area contributed by atoms with Crippen LogP contribution >= 0.6 is 11.3 Å². The van der Waals surface area contributed by atoms with Gasteiger partial charge in [-0.2, -0.15) is 0 Å². The molecule has 2 N–H and O–H groups in total. The van der Waals surface area contributed by atoms with Gasteiger partial charge in [0.15, 0.2) is 0 Å². The Morgan fingerprint density at radius 3 is 2.70 bits per heavy atom. The first kappa shape index (κ1) is 16.2. The molecular weight excluding hydrogens is 280 g/mol. The summed E-state index contributed by atoms with van der Waals surface area (Å²) in [6.07, 6.45) is 0.686. The minimum absolute atomic E-state index is 0.153. The Morgan fingerprint density at radius 1 is 1.45 bits per heavy atom. The average molecular weight is 298 g/mol. The van der Waals surface area contributed by atoms with Crippen LogP contribution in [0.15, 0.2) is 17.5 Å². The number of likely N-dealkylation sites (N-methyl/N-ethyl adjacent to an activating group) is 1. The maximum absolute atomic E-state index is 11.7. The molecule has 110 valence electrons. The van der Waals surface area contributed by atoms with Crippen LogP contribution in [0.25, 0.3) is 0 Å². The Balaban J connectivity index is 2.25. The number of aliphatic carboxylic acids is 1. The molecule has 1 atom stereocenters. The number of carboxylic acids is 1. The summed E-state index contributed by atoms with van der Waals surface area (Å²) < 4.78 is 0. The third-order valence-corrected chi connectivity index (χ3v) is 3.80. The van der Waals surface area contributed by atoms with E-state index in [0.29, 0.717) is 17.8 Å². The summed E-state index contributed by atoms with van der Waals surface area (Å²) in [5.41, 5.74) is 0. The maximum Gasteiger partial charge on any atom is 0.326 e. The number of carboxylic acid groups (broad SMARTS) is 1. The fourth-order valence-corrected chi connectivity index (χ4v) is 2.13. The van der Waals surface area contributed by atoms with Gasteiger partial charge in [-0.1, -0.05) is 6.07 Å². The number of amides is 2. The van der Waals surface area contributed by atoms with Gasteiger partial charge in [0, 0.05) is 20.0 Å². The minimum Gasteiger partial charge on any atom is -0.480 e. The molecule has 1 aromatic rings. The quantitative estimate of drug-likeness (QED) is 0.740. The Hall–Kier alpha value is -1.89. The number of carbonyl (C=O) groups is 3. The fourth-order valence-electron chi connectivity index (χ4n) is 1.49. The predicted molar refractivity (Wildman–Crippen MR) is 75.8 cm³/mol.